The fourth-order valence-electron chi connectivity index (χ4n) is 2.93. The Bertz CT molecular complexity index is 408. The Balaban J connectivity index is 1.96. The minimum Gasteiger partial charge on any atom is -0.459 e. The summed E-state index contributed by atoms with van der Waals surface area (Å²) >= 11 is 0. The number of carbonyl (C=O) groups is 1. The molecule has 1 N–H and O–H groups in total. The molecule has 1 aliphatic carbocycles. The summed E-state index contributed by atoms with van der Waals surface area (Å²) in [4.78, 5) is 12.5. The van der Waals surface area contributed by atoms with Crippen LogP contribution in [0.5, 0.6) is 0 Å². The Morgan fingerprint density at radius 2 is 1.70 bits per heavy atom. The van der Waals surface area contributed by atoms with Crippen LogP contribution in [0.25, 0.3) is 0 Å². The molecule has 0 amide bonds. The van der Waals surface area contributed by atoms with Crippen molar-refractivity contribution in [2.45, 2.75) is 57.1 Å². The molecule has 0 aromatic heterocycles. The van der Waals surface area contributed by atoms with Crippen molar-refractivity contribution in [3.8, 4) is 0 Å². The first-order valence-electron chi connectivity index (χ1n) is 7.67. The fourth-order valence-corrected chi connectivity index (χ4v) is 2.93. The summed E-state index contributed by atoms with van der Waals surface area (Å²) < 4.78 is 5.56. The lowest BCUT2D eigenvalue weighted by Crippen LogP contribution is -2.51. The van der Waals surface area contributed by atoms with E-state index in [1.807, 2.05) is 37.4 Å². The number of esters is 1. The first kappa shape index (κ1) is 15.0. The van der Waals surface area contributed by atoms with Crippen molar-refractivity contribution >= 4 is 5.97 Å². The zero-order valence-corrected chi connectivity index (χ0v) is 12.4. The zero-order valence-electron chi connectivity index (χ0n) is 12.4. The molecule has 110 valence electrons. The monoisotopic (exact) mass is 275 g/mol. The molecule has 0 heterocycles. The maximum Gasteiger partial charge on any atom is 0.326 e. The van der Waals surface area contributed by atoms with Crippen LogP contribution in [-0.2, 0) is 16.1 Å². The molecule has 0 bridgehead atoms. The zero-order chi connectivity index (χ0) is 14.3. The molecule has 1 aliphatic rings. The topological polar surface area (TPSA) is 38.3 Å². The summed E-state index contributed by atoms with van der Waals surface area (Å²) in [6.45, 7) is 0.364. The quantitative estimate of drug-likeness (QED) is 0.856. The van der Waals surface area contributed by atoms with Crippen molar-refractivity contribution in [3.63, 3.8) is 0 Å². The standard InChI is InChI=1S/C17H25NO2/c1-18-17(12-8-3-2-4-9-13-17)16(19)20-14-15-10-6-5-7-11-15/h5-7,10-11,18H,2-4,8-9,12-14H2,1H3. The van der Waals surface area contributed by atoms with Crippen LogP contribution in [0.4, 0.5) is 0 Å². The van der Waals surface area contributed by atoms with E-state index in [2.05, 4.69) is 5.32 Å². The van der Waals surface area contributed by atoms with Gasteiger partial charge in [-0.15, -0.1) is 0 Å². The average molecular weight is 275 g/mol. The molecule has 3 heteroatoms. The number of ether oxygens (including phenoxy) is 1. The van der Waals surface area contributed by atoms with Gasteiger partial charge in [0.1, 0.15) is 12.1 Å². The number of benzene rings is 1. The Kier molecular flexibility index (Phi) is 5.60. The molecule has 20 heavy (non-hydrogen) atoms. The second-order valence-corrected chi connectivity index (χ2v) is 5.66. The van der Waals surface area contributed by atoms with E-state index in [1.165, 1.54) is 19.3 Å². The van der Waals surface area contributed by atoms with Crippen LogP contribution in [0.3, 0.4) is 0 Å². The Morgan fingerprint density at radius 1 is 1.10 bits per heavy atom. The first-order valence-corrected chi connectivity index (χ1v) is 7.67. The van der Waals surface area contributed by atoms with Crippen molar-refractivity contribution < 1.29 is 9.53 Å². The Hall–Kier alpha value is -1.35. The lowest BCUT2D eigenvalue weighted by molar-refractivity contribution is -0.154. The van der Waals surface area contributed by atoms with Gasteiger partial charge in [-0.05, 0) is 25.5 Å². The highest BCUT2D eigenvalue weighted by Crippen LogP contribution is 2.27. The summed E-state index contributed by atoms with van der Waals surface area (Å²) in [6.07, 6.45) is 7.69. The van der Waals surface area contributed by atoms with Gasteiger partial charge in [0.25, 0.3) is 0 Å². The van der Waals surface area contributed by atoms with E-state index in [0.717, 1.165) is 31.2 Å². The smallest absolute Gasteiger partial charge is 0.326 e. The van der Waals surface area contributed by atoms with Crippen LogP contribution >= 0.6 is 0 Å². The summed E-state index contributed by atoms with van der Waals surface area (Å²) in [7, 11) is 1.88. The molecule has 0 atom stereocenters. The number of rotatable bonds is 4. The van der Waals surface area contributed by atoms with Gasteiger partial charge in [-0.1, -0.05) is 62.4 Å². The van der Waals surface area contributed by atoms with E-state index >= 15 is 0 Å². The van der Waals surface area contributed by atoms with Crippen LogP contribution in [0.2, 0.25) is 0 Å². The number of carbonyl (C=O) groups excluding carboxylic acids is 1. The van der Waals surface area contributed by atoms with Gasteiger partial charge in [0, 0.05) is 0 Å². The third-order valence-electron chi connectivity index (χ3n) is 4.29. The van der Waals surface area contributed by atoms with Crippen LogP contribution in [0, 0.1) is 0 Å². The normalized spacial score (nSPS) is 18.9. The second-order valence-electron chi connectivity index (χ2n) is 5.66. The highest BCUT2D eigenvalue weighted by Gasteiger charge is 2.37. The highest BCUT2D eigenvalue weighted by atomic mass is 16.5. The number of nitrogens with one attached hydrogen (secondary N) is 1. The molecule has 0 unspecified atom stereocenters. The van der Waals surface area contributed by atoms with Gasteiger partial charge in [-0.3, -0.25) is 4.79 Å². The largest absolute Gasteiger partial charge is 0.459 e. The van der Waals surface area contributed by atoms with Crippen LogP contribution in [0.1, 0.15) is 50.5 Å². The molecule has 0 aliphatic heterocycles. The molecule has 0 spiro atoms. The molecular weight excluding hydrogens is 250 g/mol. The molecule has 0 saturated heterocycles. The van der Waals surface area contributed by atoms with E-state index in [0.29, 0.717) is 6.61 Å². The second kappa shape index (κ2) is 7.44. The van der Waals surface area contributed by atoms with Crippen LogP contribution in [0.15, 0.2) is 30.3 Å². The summed E-state index contributed by atoms with van der Waals surface area (Å²) in [5.74, 6) is -0.0919. The summed E-state index contributed by atoms with van der Waals surface area (Å²) in [5, 5.41) is 3.25. The van der Waals surface area contributed by atoms with Crippen molar-refractivity contribution in [2.75, 3.05) is 7.05 Å². The number of likely N-dealkylation sites (N-methyl/N-ethyl adjacent to an activating group) is 1. The van der Waals surface area contributed by atoms with Gasteiger partial charge in [0.05, 0.1) is 0 Å². The van der Waals surface area contributed by atoms with E-state index in [-0.39, 0.29) is 5.97 Å². The molecule has 1 fully saturated rings. The lowest BCUT2D eigenvalue weighted by Gasteiger charge is -2.32. The Morgan fingerprint density at radius 3 is 2.30 bits per heavy atom. The minimum atomic E-state index is -0.477. The lowest BCUT2D eigenvalue weighted by atomic mass is 9.84. The fraction of sp³-hybridized carbons (Fsp3) is 0.588. The molecule has 1 aromatic rings. The van der Waals surface area contributed by atoms with E-state index < -0.39 is 5.54 Å². The summed E-state index contributed by atoms with van der Waals surface area (Å²) in [6, 6.07) is 9.86. The maximum atomic E-state index is 12.5. The van der Waals surface area contributed by atoms with Crippen LogP contribution in [-0.4, -0.2) is 18.6 Å². The predicted molar refractivity (Wildman–Crippen MR) is 80.3 cm³/mol. The van der Waals surface area contributed by atoms with Crippen molar-refractivity contribution in [1.82, 2.24) is 5.32 Å². The number of hydrogen-bond acceptors (Lipinski definition) is 3. The summed E-state index contributed by atoms with van der Waals surface area (Å²) in [5.41, 5.74) is 0.563. The highest BCUT2D eigenvalue weighted by molar-refractivity contribution is 5.80. The third-order valence-corrected chi connectivity index (χ3v) is 4.29. The van der Waals surface area contributed by atoms with Gasteiger partial charge >= 0.3 is 5.97 Å². The van der Waals surface area contributed by atoms with E-state index in [1.54, 1.807) is 0 Å². The molecule has 1 saturated carbocycles. The van der Waals surface area contributed by atoms with Gasteiger partial charge in [0.2, 0.25) is 0 Å². The first-order chi connectivity index (χ1) is 9.77. The molecule has 2 rings (SSSR count). The van der Waals surface area contributed by atoms with Gasteiger partial charge in [-0.25, -0.2) is 0 Å². The Labute approximate surface area is 121 Å². The van der Waals surface area contributed by atoms with E-state index in [4.69, 9.17) is 4.74 Å². The number of hydrogen-bond donors (Lipinski definition) is 1. The average Bonchev–Trinajstić information content (AvgIpc) is 2.46. The van der Waals surface area contributed by atoms with Gasteiger partial charge < -0.3 is 10.1 Å². The van der Waals surface area contributed by atoms with E-state index in [9.17, 15) is 4.79 Å². The maximum absolute atomic E-state index is 12.5. The molecule has 0 radical (unpaired) electrons. The SMILES string of the molecule is CNC1(C(=O)OCc2ccccc2)CCCCCCC1. The molecular formula is C17H25NO2. The van der Waals surface area contributed by atoms with Crippen LogP contribution < -0.4 is 5.32 Å². The molecule has 1 aromatic carbocycles. The van der Waals surface area contributed by atoms with Crippen molar-refractivity contribution in [3.05, 3.63) is 35.9 Å². The predicted octanol–water partition coefficient (Wildman–Crippen LogP) is 3.43. The third kappa shape index (κ3) is 3.83. The molecule has 3 nitrogen and oxygen atoms in total. The van der Waals surface area contributed by atoms with Crippen molar-refractivity contribution in [2.24, 2.45) is 0 Å². The minimum absolute atomic E-state index is 0.0919. The van der Waals surface area contributed by atoms with Crippen molar-refractivity contribution in [1.29, 1.82) is 0 Å². The van der Waals surface area contributed by atoms with Gasteiger partial charge in [-0.2, -0.15) is 0 Å². The van der Waals surface area contributed by atoms with Gasteiger partial charge in [0.15, 0.2) is 0 Å².